The van der Waals surface area contributed by atoms with Crippen LogP contribution in [-0.2, 0) is 4.74 Å². The number of aromatic nitrogens is 2. The van der Waals surface area contributed by atoms with Crippen molar-refractivity contribution in [2.24, 2.45) is 5.92 Å². The van der Waals surface area contributed by atoms with Gasteiger partial charge in [0.15, 0.2) is 11.5 Å². The van der Waals surface area contributed by atoms with Crippen LogP contribution in [0, 0.1) is 5.92 Å². The van der Waals surface area contributed by atoms with Crippen LogP contribution in [0.3, 0.4) is 0 Å². The molecule has 1 aromatic rings. The highest BCUT2D eigenvalue weighted by Crippen LogP contribution is 2.20. The van der Waals surface area contributed by atoms with Gasteiger partial charge in [0, 0.05) is 31.0 Å². The quantitative estimate of drug-likeness (QED) is 0.813. The molecule has 2 unspecified atom stereocenters. The van der Waals surface area contributed by atoms with Gasteiger partial charge in [-0.2, -0.15) is 0 Å². The number of ether oxygens (including phenoxy) is 1. The molecule has 17 heavy (non-hydrogen) atoms. The Labute approximate surface area is 99.0 Å². The fourth-order valence-corrected chi connectivity index (χ4v) is 1.88. The zero-order valence-corrected chi connectivity index (χ0v) is 9.59. The number of rotatable bonds is 4. The third-order valence-corrected chi connectivity index (χ3v) is 2.94. The molecule has 0 aromatic carbocycles. The SMILES string of the molecule is CC(Nc1nccnc1C(=O)O)C1CCOC1. The molecule has 0 aliphatic carbocycles. The minimum Gasteiger partial charge on any atom is -0.476 e. The number of aromatic carboxylic acids is 1. The van der Waals surface area contributed by atoms with Crippen molar-refractivity contribution in [2.75, 3.05) is 18.5 Å². The second-order valence-electron chi connectivity index (χ2n) is 4.12. The predicted octanol–water partition coefficient (Wildman–Crippen LogP) is 1.01. The lowest BCUT2D eigenvalue weighted by Gasteiger charge is -2.20. The zero-order valence-electron chi connectivity index (χ0n) is 9.59. The summed E-state index contributed by atoms with van der Waals surface area (Å²) in [7, 11) is 0. The Balaban J connectivity index is 2.09. The third kappa shape index (κ3) is 2.71. The van der Waals surface area contributed by atoms with Crippen LogP contribution in [-0.4, -0.2) is 40.3 Å². The van der Waals surface area contributed by atoms with Crippen molar-refractivity contribution in [3.05, 3.63) is 18.1 Å². The maximum Gasteiger partial charge on any atom is 0.358 e. The highest BCUT2D eigenvalue weighted by molar-refractivity contribution is 5.90. The smallest absolute Gasteiger partial charge is 0.358 e. The zero-order chi connectivity index (χ0) is 12.3. The van der Waals surface area contributed by atoms with E-state index in [2.05, 4.69) is 15.3 Å². The molecule has 0 bridgehead atoms. The van der Waals surface area contributed by atoms with E-state index in [4.69, 9.17) is 9.84 Å². The van der Waals surface area contributed by atoms with E-state index in [1.807, 2.05) is 6.92 Å². The number of anilines is 1. The summed E-state index contributed by atoms with van der Waals surface area (Å²) >= 11 is 0. The van der Waals surface area contributed by atoms with Gasteiger partial charge >= 0.3 is 5.97 Å². The van der Waals surface area contributed by atoms with E-state index in [0.29, 0.717) is 18.3 Å². The summed E-state index contributed by atoms with van der Waals surface area (Å²) in [5, 5.41) is 12.1. The number of carbonyl (C=O) groups is 1. The fourth-order valence-electron chi connectivity index (χ4n) is 1.88. The second kappa shape index (κ2) is 5.09. The van der Waals surface area contributed by atoms with Crippen LogP contribution in [0.1, 0.15) is 23.8 Å². The number of hydrogen-bond acceptors (Lipinski definition) is 5. The first-order chi connectivity index (χ1) is 8.18. The molecule has 1 aromatic heterocycles. The summed E-state index contributed by atoms with van der Waals surface area (Å²) in [5.41, 5.74) is -0.0433. The molecule has 6 nitrogen and oxygen atoms in total. The van der Waals surface area contributed by atoms with Gasteiger partial charge in [0.25, 0.3) is 0 Å². The Bertz CT molecular complexity index is 405. The molecule has 2 heterocycles. The maximum absolute atomic E-state index is 11.0. The van der Waals surface area contributed by atoms with Crippen molar-refractivity contribution in [1.82, 2.24) is 9.97 Å². The van der Waals surface area contributed by atoms with Crippen molar-refractivity contribution in [3.63, 3.8) is 0 Å². The Kier molecular flexibility index (Phi) is 3.53. The van der Waals surface area contributed by atoms with E-state index in [1.54, 1.807) is 0 Å². The molecule has 0 amide bonds. The first kappa shape index (κ1) is 11.8. The van der Waals surface area contributed by atoms with E-state index < -0.39 is 5.97 Å². The maximum atomic E-state index is 11.0. The first-order valence-electron chi connectivity index (χ1n) is 5.57. The van der Waals surface area contributed by atoms with Crippen molar-refractivity contribution in [2.45, 2.75) is 19.4 Å². The predicted molar refractivity (Wildman–Crippen MR) is 61.0 cm³/mol. The number of nitrogens with one attached hydrogen (secondary N) is 1. The highest BCUT2D eigenvalue weighted by Gasteiger charge is 2.24. The monoisotopic (exact) mass is 237 g/mol. The van der Waals surface area contributed by atoms with Gasteiger partial charge in [0.1, 0.15) is 0 Å². The molecule has 6 heteroatoms. The Morgan fingerprint density at radius 2 is 2.35 bits per heavy atom. The van der Waals surface area contributed by atoms with Crippen molar-refractivity contribution in [3.8, 4) is 0 Å². The normalized spacial score (nSPS) is 21.1. The lowest BCUT2D eigenvalue weighted by Crippen LogP contribution is -2.27. The summed E-state index contributed by atoms with van der Waals surface area (Å²) in [6.07, 6.45) is 3.83. The molecule has 1 aliphatic heterocycles. The molecule has 2 rings (SSSR count). The average molecular weight is 237 g/mol. The van der Waals surface area contributed by atoms with Gasteiger partial charge in [0.2, 0.25) is 0 Å². The van der Waals surface area contributed by atoms with Gasteiger partial charge in [-0.1, -0.05) is 0 Å². The molecular formula is C11H15N3O3. The van der Waals surface area contributed by atoms with E-state index in [0.717, 1.165) is 13.0 Å². The Morgan fingerprint density at radius 3 is 3.00 bits per heavy atom. The summed E-state index contributed by atoms with van der Waals surface area (Å²) < 4.78 is 5.30. The van der Waals surface area contributed by atoms with Gasteiger partial charge in [0.05, 0.1) is 6.61 Å². The van der Waals surface area contributed by atoms with Gasteiger partial charge in [-0.05, 0) is 13.3 Å². The average Bonchev–Trinajstić information content (AvgIpc) is 2.83. The fraction of sp³-hybridized carbons (Fsp3) is 0.545. The van der Waals surface area contributed by atoms with Gasteiger partial charge in [-0.15, -0.1) is 0 Å². The van der Waals surface area contributed by atoms with Crippen LogP contribution < -0.4 is 5.32 Å². The minimum absolute atomic E-state index is 0.0433. The molecular weight excluding hydrogens is 222 g/mol. The number of hydrogen-bond donors (Lipinski definition) is 2. The number of carboxylic acids is 1. The summed E-state index contributed by atoms with van der Waals surface area (Å²) in [6.45, 7) is 3.47. The standard InChI is InChI=1S/C11H15N3O3/c1-7(8-2-5-17-6-8)14-10-9(11(15)16)12-3-4-13-10/h3-4,7-8H,2,5-6H2,1H3,(H,13,14)(H,15,16). The molecule has 0 radical (unpaired) electrons. The topological polar surface area (TPSA) is 84.3 Å². The molecule has 1 saturated heterocycles. The van der Waals surface area contributed by atoms with E-state index >= 15 is 0 Å². The van der Waals surface area contributed by atoms with Crippen LogP contribution in [0.25, 0.3) is 0 Å². The molecule has 2 atom stereocenters. The molecule has 92 valence electrons. The van der Waals surface area contributed by atoms with Crippen LogP contribution in [0.5, 0.6) is 0 Å². The second-order valence-corrected chi connectivity index (χ2v) is 4.12. The lowest BCUT2D eigenvalue weighted by atomic mass is 10.0. The summed E-state index contributed by atoms with van der Waals surface area (Å²) in [4.78, 5) is 18.8. The highest BCUT2D eigenvalue weighted by atomic mass is 16.5. The largest absolute Gasteiger partial charge is 0.476 e. The lowest BCUT2D eigenvalue weighted by molar-refractivity contribution is 0.0691. The van der Waals surface area contributed by atoms with Gasteiger partial charge in [-0.3, -0.25) is 0 Å². The van der Waals surface area contributed by atoms with Crippen LogP contribution in [0.2, 0.25) is 0 Å². The van der Waals surface area contributed by atoms with Gasteiger partial charge in [-0.25, -0.2) is 14.8 Å². The number of nitrogens with zero attached hydrogens (tertiary/aromatic N) is 2. The Morgan fingerprint density at radius 1 is 1.59 bits per heavy atom. The Hall–Kier alpha value is -1.69. The molecule has 2 N–H and O–H groups in total. The van der Waals surface area contributed by atoms with Crippen LogP contribution >= 0.6 is 0 Å². The first-order valence-corrected chi connectivity index (χ1v) is 5.57. The van der Waals surface area contributed by atoms with E-state index in [-0.39, 0.29) is 11.7 Å². The van der Waals surface area contributed by atoms with Crippen LogP contribution in [0.15, 0.2) is 12.4 Å². The summed E-state index contributed by atoms with van der Waals surface area (Å²) in [6, 6.07) is 0.118. The van der Waals surface area contributed by atoms with Crippen molar-refractivity contribution >= 4 is 11.8 Å². The van der Waals surface area contributed by atoms with Crippen molar-refractivity contribution < 1.29 is 14.6 Å². The number of carboxylic acid groups (broad SMARTS) is 1. The molecule has 0 spiro atoms. The minimum atomic E-state index is -1.07. The molecule has 1 fully saturated rings. The van der Waals surface area contributed by atoms with E-state index in [9.17, 15) is 4.79 Å². The van der Waals surface area contributed by atoms with Crippen molar-refractivity contribution in [1.29, 1.82) is 0 Å². The third-order valence-electron chi connectivity index (χ3n) is 2.94. The molecule has 0 saturated carbocycles. The van der Waals surface area contributed by atoms with E-state index in [1.165, 1.54) is 12.4 Å². The van der Waals surface area contributed by atoms with Crippen LogP contribution in [0.4, 0.5) is 5.82 Å². The summed E-state index contributed by atoms with van der Waals surface area (Å²) in [5.74, 6) is -0.367. The molecule has 1 aliphatic rings. The van der Waals surface area contributed by atoms with Gasteiger partial charge < -0.3 is 15.2 Å².